The van der Waals surface area contributed by atoms with Crippen molar-refractivity contribution in [2.24, 2.45) is 5.73 Å². The van der Waals surface area contributed by atoms with E-state index < -0.39 is 5.82 Å². The molecule has 1 heterocycles. The van der Waals surface area contributed by atoms with Gasteiger partial charge in [-0.1, -0.05) is 41.9 Å². The lowest BCUT2D eigenvalue weighted by atomic mass is 10.0. The SMILES string of the molecule is NCc1ccc(CNc2ncnc(N(CC3=C(F)CCC=C3Cl)C3CC3)c2F)cc1. The summed E-state index contributed by atoms with van der Waals surface area (Å²) in [5.74, 6) is -0.487. The van der Waals surface area contributed by atoms with Crippen LogP contribution in [0.3, 0.4) is 0 Å². The Labute approximate surface area is 179 Å². The molecule has 30 heavy (non-hydrogen) atoms. The summed E-state index contributed by atoms with van der Waals surface area (Å²) in [6, 6.07) is 7.89. The third kappa shape index (κ3) is 4.63. The zero-order chi connectivity index (χ0) is 21.1. The third-order valence-corrected chi connectivity index (χ3v) is 5.76. The van der Waals surface area contributed by atoms with E-state index in [1.165, 1.54) is 6.33 Å². The van der Waals surface area contributed by atoms with Gasteiger partial charge in [-0.3, -0.25) is 0 Å². The molecule has 0 radical (unpaired) electrons. The van der Waals surface area contributed by atoms with Crippen molar-refractivity contribution in [3.05, 3.63) is 70.0 Å². The molecular formula is C22H24ClF2N5. The molecule has 8 heteroatoms. The molecule has 2 aromatic rings. The van der Waals surface area contributed by atoms with Gasteiger partial charge >= 0.3 is 0 Å². The number of halogens is 3. The van der Waals surface area contributed by atoms with Gasteiger partial charge in [-0.2, -0.15) is 4.39 Å². The van der Waals surface area contributed by atoms with Crippen molar-refractivity contribution in [1.82, 2.24) is 9.97 Å². The molecule has 1 aromatic heterocycles. The summed E-state index contributed by atoms with van der Waals surface area (Å²) in [5, 5.41) is 3.44. The number of hydrogen-bond donors (Lipinski definition) is 2. The molecule has 1 aromatic carbocycles. The van der Waals surface area contributed by atoms with Crippen LogP contribution in [-0.4, -0.2) is 22.6 Å². The molecule has 0 saturated heterocycles. The molecule has 4 rings (SSSR count). The van der Waals surface area contributed by atoms with Gasteiger partial charge in [-0.15, -0.1) is 0 Å². The third-order valence-electron chi connectivity index (χ3n) is 5.38. The minimum atomic E-state index is -0.542. The molecular weight excluding hydrogens is 408 g/mol. The minimum absolute atomic E-state index is 0.119. The highest BCUT2D eigenvalue weighted by molar-refractivity contribution is 6.32. The average molecular weight is 432 g/mol. The van der Waals surface area contributed by atoms with Crippen LogP contribution in [0.25, 0.3) is 0 Å². The molecule has 2 aliphatic rings. The first-order valence-corrected chi connectivity index (χ1v) is 10.5. The van der Waals surface area contributed by atoms with Gasteiger partial charge in [0.15, 0.2) is 11.6 Å². The van der Waals surface area contributed by atoms with E-state index in [0.717, 1.165) is 24.0 Å². The summed E-state index contributed by atoms with van der Waals surface area (Å²) in [4.78, 5) is 10.0. The van der Waals surface area contributed by atoms with Gasteiger partial charge in [0.25, 0.3) is 0 Å². The van der Waals surface area contributed by atoms with Crippen molar-refractivity contribution in [3.63, 3.8) is 0 Å². The van der Waals surface area contributed by atoms with Crippen LogP contribution >= 0.6 is 11.6 Å². The molecule has 0 bridgehead atoms. The number of hydrogen-bond acceptors (Lipinski definition) is 5. The van der Waals surface area contributed by atoms with Crippen LogP contribution in [0.1, 0.15) is 36.8 Å². The number of rotatable bonds is 8. The number of nitrogens with two attached hydrogens (primary N) is 1. The van der Waals surface area contributed by atoms with E-state index >= 15 is 4.39 Å². The largest absolute Gasteiger partial charge is 0.363 e. The first-order chi connectivity index (χ1) is 14.6. The minimum Gasteiger partial charge on any atom is -0.363 e. The van der Waals surface area contributed by atoms with Gasteiger partial charge in [-0.05, 0) is 30.4 Å². The van der Waals surface area contributed by atoms with Crippen molar-refractivity contribution in [2.45, 2.75) is 44.8 Å². The highest BCUT2D eigenvalue weighted by Gasteiger charge is 2.34. The van der Waals surface area contributed by atoms with E-state index in [2.05, 4.69) is 15.3 Å². The van der Waals surface area contributed by atoms with Gasteiger partial charge in [0.1, 0.15) is 12.2 Å². The van der Waals surface area contributed by atoms with Crippen LogP contribution in [0, 0.1) is 5.82 Å². The second-order valence-electron chi connectivity index (χ2n) is 7.57. The Morgan fingerprint density at radius 3 is 2.53 bits per heavy atom. The van der Waals surface area contributed by atoms with E-state index in [-0.39, 0.29) is 30.0 Å². The quantitative estimate of drug-likeness (QED) is 0.628. The number of allylic oxidation sites excluding steroid dienone is 2. The van der Waals surface area contributed by atoms with Crippen molar-refractivity contribution in [1.29, 1.82) is 0 Å². The zero-order valence-electron chi connectivity index (χ0n) is 16.5. The maximum absolute atomic E-state index is 15.3. The van der Waals surface area contributed by atoms with Crippen LogP contribution in [0.2, 0.25) is 0 Å². The molecule has 0 unspecified atom stereocenters. The number of nitrogens with one attached hydrogen (secondary N) is 1. The summed E-state index contributed by atoms with van der Waals surface area (Å²) in [5.41, 5.74) is 8.05. The Morgan fingerprint density at radius 2 is 1.87 bits per heavy atom. The fraction of sp³-hybridized carbons (Fsp3) is 0.364. The summed E-state index contributed by atoms with van der Waals surface area (Å²) in [7, 11) is 0. The van der Waals surface area contributed by atoms with Crippen molar-refractivity contribution >= 4 is 23.2 Å². The lowest BCUT2D eigenvalue weighted by Crippen LogP contribution is -2.31. The molecule has 3 N–H and O–H groups in total. The summed E-state index contributed by atoms with van der Waals surface area (Å²) in [6.45, 7) is 1.08. The number of benzene rings is 1. The Bertz CT molecular complexity index is 970. The molecule has 0 atom stereocenters. The predicted molar refractivity (Wildman–Crippen MR) is 115 cm³/mol. The molecule has 0 aliphatic heterocycles. The van der Waals surface area contributed by atoms with Crippen LogP contribution < -0.4 is 16.0 Å². The van der Waals surface area contributed by atoms with Crippen LogP contribution in [-0.2, 0) is 13.1 Å². The smallest absolute Gasteiger partial charge is 0.207 e. The fourth-order valence-electron chi connectivity index (χ4n) is 3.49. The van der Waals surface area contributed by atoms with Crippen LogP contribution in [0.15, 0.2) is 53.1 Å². The Kier molecular flexibility index (Phi) is 6.29. The van der Waals surface area contributed by atoms with Crippen molar-refractivity contribution < 1.29 is 8.78 Å². The van der Waals surface area contributed by atoms with E-state index in [0.29, 0.717) is 36.5 Å². The van der Waals surface area contributed by atoms with Gasteiger partial charge in [0.2, 0.25) is 5.82 Å². The molecule has 5 nitrogen and oxygen atoms in total. The summed E-state index contributed by atoms with van der Waals surface area (Å²) >= 11 is 6.23. The van der Waals surface area contributed by atoms with E-state index in [4.69, 9.17) is 17.3 Å². The average Bonchev–Trinajstić information content (AvgIpc) is 3.59. The maximum Gasteiger partial charge on any atom is 0.207 e. The van der Waals surface area contributed by atoms with Gasteiger partial charge < -0.3 is 16.0 Å². The number of aromatic nitrogens is 2. The molecule has 0 amide bonds. The topological polar surface area (TPSA) is 67.1 Å². The normalized spacial score (nSPS) is 16.5. The Morgan fingerprint density at radius 1 is 1.13 bits per heavy atom. The van der Waals surface area contributed by atoms with Gasteiger partial charge in [-0.25, -0.2) is 14.4 Å². The first-order valence-electron chi connectivity index (χ1n) is 10.1. The zero-order valence-corrected chi connectivity index (χ0v) is 17.3. The number of nitrogens with zero attached hydrogens (tertiary/aromatic N) is 3. The summed E-state index contributed by atoms with van der Waals surface area (Å²) < 4.78 is 29.7. The highest BCUT2D eigenvalue weighted by atomic mass is 35.5. The Hall–Kier alpha value is -2.51. The van der Waals surface area contributed by atoms with Crippen LogP contribution in [0.4, 0.5) is 20.4 Å². The van der Waals surface area contributed by atoms with Crippen molar-refractivity contribution in [3.8, 4) is 0 Å². The second kappa shape index (κ2) is 9.10. The lowest BCUT2D eigenvalue weighted by Gasteiger charge is -2.27. The van der Waals surface area contributed by atoms with E-state index in [1.54, 1.807) is 4.90 Å². The molecule has 0 spiro atoms. The van der Waals surface area contributed by atoms with E-state index in [1.807, 2.05) is 30.3 Å². The molecule has 1 saturated carbocycles. The van der Waals surface area contributed by atoms with Gasteiger partial charge in [0.05, 0.1) is 0 Å². The second-order valence-corrected chi connectivity index (χ2v) is 7.97. The predicted octanol–water partition coefficient (Wildman–Crippen LogP) is 4.80. The molecule has 158 valence electrons. The monoisotopic (exact) mass is 431 g/mol. The Balaban J connectivity index is 1.53. The lowest BCUT2D eigenvalue weighted by molar-refractivity contribution is 0.567. The maximum atomic E-state index is 15.3. The van der Waals surface area contributed by atoms with E-state index in [9.17, 15) is 4.39 Å². The van der Waals surface area contributed by atoms with Crippen LogP contribution in [0.5, 0.6) is 0 Å². The van der Waals surface area contributed by atoms with Gasteiger partial charge in [0, 0.05) is 42.7 Å². The summed E-state index contributed by atoms with van der Waals surface area (Å²) in [6.07, 6.45) is 5.87. The molecule has 2 aliphatic carbocycles. The fourth-order valence-corrected chi connectivity index (χ4v) is 3.76. The van der Waals surface area contributed by atoms with Crippen molar-refractivity contribution in [2.75, 3.05) is 16.8 Å². The number of anilines is 2. The highest BCUT2D eigenvalue weighted by Crippen LogP contribution is 2.37. The standard InChI is InChI=1S/C22H24ClF2N5/c23-18-2-1-3-19(24)17(18)12-30(16-8-9-16)22-20(25)21(28-13-29-22)27-11-15-6-4-14(10-26)5-7-15/h2,4-7,13,16H,1,3,8-12,26H2,(H,27,28,29). The molecule has 1 fully saturated rings. The first kappa shape index (κ1) is 20.8.